The lowest BCUT2D eigenvalue weighted by molar-refractivity contribution is 0.879. The smallest absolute Gasteiger partial charge is 0.0648 e. The lowest BCUT2D eigenvalue weighted by Crippen LogP contribution is -2.12. The van der Waals surface area contributed by atoms with Crippen LogP contribution in [0.5, 0.6) is 0 Å². The van der Waals surface area contributed by atoms with Crippen molar-refractivity contribution in [3.63, 3.8) is 0 Å². The zero-order chi connectivity index (χ0) is 10.8. The molecule has 1 aromatic heterocycles. The Balaban J connectivity index is 2.42. The largest absolute Gasteiger partial charge is 0.320 e. The van der Waals surface area contributed by atoms with Gasteiger partial charge < -0.3 is 5.73 Å². The van der Waals surface area contributed by atoms with Crippen LogP contribution in [0.1, 0.15) is 27.6 Å². The van der Waals surface area contributed by atoms with Gasteiger partial charge in [-0.05, 0) is 42.0 Å². The highest BCUT2D eigenvalue weighted by molar-refractivity contribution is 7.10. The predicted octanol–water partition coefficient (Wildman–Crippen LogP) is 3.41. The van der Waals surface area contributed by atoms with Crippen LogP contribution in [0.25, 0.3) is 0 Å². The maximum absolute atomic E-state index is 6.24. The molecule has 1 heterocycles. The zero-order valence-electron chi connectivity index (χ0n) is 9.03. The van der Waals surface area contributed by atoms with Gasteiger partial charge in [-0.3, -0.25) is 0 Å². The van der Waals surface area contributed by atoms with Crippen LogP contribution in [0.3, 0.4) is 0 Å². The fourth-order valence-electron chi connectivity index (χ4n) is 1.73. The molecule has 2 aromatic rings. The minimum absolute atomic E-state index is 0.0184. The summed E-state index contributed by atoms with van der Waals surface area (Å²) >= 11 is 1.72. The molecule has 1 nitrogen and oxygen atoms in total. The van der Waals surface area contributed by atoms with Gasteiger partial charge in [0.1, 0.15) is 0 Å². The molecule has 0 aliphatic carbocycles. The van der Waals surface area contributed by atoms with E-state index in [2.05, 4.69) is 43.5 Å². The van der Waals surface area contributed by atoms with E-state index in [-0.39, 0.29) is 6.04 Å². The number of rotatable bonds is 2. The third-order valence-corrected chi connectivity index (χ3v) is 3.79. The second kappa shape index (κ2) is 4.17. The van der Waals surface area contributed by atoms with Gasteiger partial charge in [-0.1, -0.05) is 24.3 Å². The lowest BCUT2D eigenvalue weighted by Gasteiger charge is -2.14. The van der Waals surface area contributed by atoms with E-state index in [9.17, 15) is 0 Å². The molecule has 15 heavy (non-hydrogen) atoms. The summed E-state index contributed by atoms with van der Waals surface area (Å²) in [5.74, 6) is 0. The highest BCUT2D eigenvalue weighted by Gasteiger charge is 2.12. The van der Waals surface area contributed by atoms with Crippen LogP contribution in [0.4, 0.5) is 0 Å². The first-order chi connectivity index (χ1) is 7.20. The highest BCUT2D eigenvalue weighted by atomic mass is 32.1. The molecule has 2 rings (SSSR count). The average Bonchev–Trinajstić information content (AvgIpc) is 2.74. The Morgan fingerprint density at radius 1 is 1.13 bits per heavy atom. The third-order valence-electron chi connectivity index (χ3n) is 2.83. The molecule has 0 saturated heterocycles. The first-order valence-corrected chi connectivity index (χ1v) is 5.93. The molecule has 0 unspecified atom stereocenters. The maximum atomic E-state index is 6.24. The number of hydrogen-bond acceptors (Lipinski definition) is 2. The van der Waals surface area contributed by atoms with Crippen molar-refractivity contribution in [3.8, 4) is 0 Å². The van der Waals surface area contributed by atoms with Gasteiger partial charge in [-0.2, -0.15) is 0 Å². The number of nitrogens with two attached hydrogens (primary N) is 1. The zero-order valence-corrected chi connectivity index (χ0v) is 9.84. The minimum atomic E-state index is 0.0184. The van der Waals surface area contributed by atoms with Crippen LogP contribution < -0.4 is 5.73 Å². The topological polar surface area (TPSA) is 26.0 Å². The van der Waals surface area contributed by atoms with Crippen molar-refractivity contribution in [2.24, 2.45) is 5.73 Å². The van der Waals surface area contributed by atoms with Crippen LogP contribution in [-0.4, -0.2) is 0 Å². The second-order valence-corrected chi connectivity index (χ2v) is 4.76. The fraction of sp³-hybridized carbons (Fsp3) is 0.231. The maximum Gasteiger partial charge on any atom is 0.0648 e. The molecule has 78 valence electrons. The molecule has 0 amide bonds. The van der Waals surface area contributed by atoms with Gasteiger partial charge in [0, 0.05) is 4.88 Å². The van der Waals surface area contributed by atoms with Gasteiger partial charge in [-0.15, -0.1) is 11.3 Å². The van der Waals surface area contributed by atoms with Crippen molar-refractivity contribution in [2.45, 2.75) is 19.9 Å². The summed E-state index contributed by atoms with van der Waals surface area (Å²) in [5, 5.41) is 2.07. The molecule has 0 saturated carbocycles. The lowest BCUT2D eigenvalue weighted by atomic mass is 9.97. The molecule has 0 radical (unpaired) electrons. The summed E-state index contributed by atoms with van der Waals surface area (Å²) in [5.41, 5.74) is 10.1. The van der Waals surface area contributed by atoms with E-state index in [1.54, 1.807) is 11.3 Å². The molecular weight excluding hydrogens is 202 g/mol. The van der Waals surface area contributed by atoms with Crippen molar-refractivity contribution in [3.05, 3.63) is 57.3 Å². The summed E-state index contributed by atoms with van der Waals surface area (Å²) in [6.07, 6.45) is 0. The summed E-state index contributed by atoms with van der Waals surface area (Å²) in [7, 11) is 0. The van der Waals surface area contributed by atoms with Crippen molar-refractivity contribution in [2.75, 3.05) is 0 Å². The molecule has 0 aliphatic rings. The second-order valence-electron chi connectivity index (χ2n) is 3.78. The minimum Gasteiger partial charge on any atom is -0.320 e. The summed E-state index contributed by atoms with van der Waals surface area (Å²) in [6.45, 7) is 4.26. The monoisotopic (exact) mass is 217 g/mol. The molecule has 0 fully saturated rings. The molecule has 2 heteroatoms. The quantitative estimate of drug-likeness (QED) is 0.819. The van der Waals surface area contributed by atoms with Crippen LogP contribution in [0.2, 0.25) is 0 Å². The van der Waals surface area contributed by atoms with Gasteiger partial charge in [0.15, 0.2) is 0 Å². The van der Waals surface area contributed by atoms with Crippen molar-refractivity contribution < 1.29 is 0 Å². The van der Waals surface area contributed by atoms with E-state index in [0.29, 0.717) is 0 Å². The van der Waals surface area contributed by atoms with Crippen molar-refractivity contribution in [1.82, 2.24) is 0 Å². The summed E-state index contributed by atoms with van der Waals surface area (Å²) in [6, 6.07) is 10.5. The summed E-state index contributed by atoms with van der Waals surface area (Å²) in [4.78, 5) is 1.23. The Morgan fingerprint density at radius 2 is 1.93 bits per heavy atom. The SMILES string of the molecule is Cc1cccc([C@@H](N)c2cccs2)c1C. The van der Waals surface area contributed by atoms with E-state index in [1.807, 2.05) is 6.07 Å². The number of hydrogen-bond donors (Lipinski definition) is 1. The number of thiophene rings is 1. The first kappa shape index (κ1) is 10.4. The first-order valence-electron chi connectivity index (χ1n) is 5.05. The molecular formula is C13H15NS. The Labute approximate surface area is 94.6 Å². The van der Waals surface area contributed by atoms with Crippen molar-refractivity contribution >= 4 is 11.3 Å². The van der Waals surface area contributed by atoms with Crippen LogP contribution >= 0.6 is 11.3 Å². The van der Waals surface area contributed by atoms with Gasteiger partial charge >= 0.3 is 0 Å². The number of benzene rings is 1. The van der Waals surface area contributed by atoms with Gasteiger partial charge in [-0.25, -0.2) is 0 Å². The van der Waals surface area contributed by atoms with Crippen LogP contribution in [0.15, 0.2) is 35.7 Å². The Morgan fingerprint density at radius 3 is 2.60 bits per heavy atom. The molecule has 0 bridgehead atoms. The van der Waals surface area contributed by atoms with Gasteiger partial charge in [0.2, 0.25) is 0 Å². The van der Waals surface area contributed by atoms with Crippen molar-refractivity contribution in [1.29, 1.82) is 0 Å². The molecule has 1 atom stereocenters. The van der Waals surface area contributed by atoms with Crippen LogP contribution in [-0.2, 0) is 0 Å². The van der Waals surface area contributed by atoms with Gasteiger partial charge in [0.25, 0.3) is 0 Å². The molecule has 0 spiro atoms. The predicted molar refractivity (Wildman–Crippen MR) is 66.3 cm³/mol. The highest BCUT2D eigenvalue weighted by Crippen LogP contribution is 2.27. The average molecular weight is 217 g/mol. The Hall–Kier alpha value is -1.12. The standard InChI is InChI=1S/C13H15NS/c1-9-5-3-6-11(10(9)2)13(14)12-7-4-8-15-12/h3-8,13H,14H2,1-2H3/t13-/m1/s1. The normalized spacial score (nSPS) is 12.7. The summed E-state index contributed by atoms with van der Waals surface area (Å²) < 4.78 is 0. The van der Waals surface area contributed by atoms with Gasteiger partial charge in [0.05, 0.1) is 6.04 Å². The van der Waals surface area contributed by atoms with E-state index in [1.165, 1.54) is 21.6 Å². The van der Waals surface area contributed by atoms with E-state index in [0.717, 1.165) is 0 Å². The number of aryl methyl sites for hydroxylation is 1. The molecule has 1 aromatic carbocycles. The molecule has 2 N–H and O–H groups in total. The Kier molecular flexibility index (Phi) is 2.89. The molecule has 0 aliphatic heterocycles. The van der Waals surface area contributed by atoms with Crippen LogP contribution in [0, 0.1) is 13.8 Å². The van der Waals surface area contributed by atoms with E-state index >= 15 is 0 Å². The third kappa shape index (κ3) is 1.96. The van der Waals surface area contributed by atoms with E-state index < -0.39 is 0 Å². The fourth-order valence-corrected chi connectivity index (χ4v) is 2.48. The van der Waals surface area contributed by atoms with E-state index in [4.69, 9.17) is 5.73 Å². The Bertz CT molecular complexity index is 446.